The molecule has 0 spiro atoms. The lowest BCUT2D eigenvalue weighted by atomic mass is 9.86. The fourth-order valence-electron chi connectivity index (χ4n) is 3.01. The summed E-state index contributed by atoms with van der Waals surface area (Å²) in [6, 6.07) is 13.9. The molecule has 28 heavy (non-hydrogen) atoms. The molecule has 2 aromatic carbocycles. The van der Waals surface area contributed by atoms with Crippen LogP contribution in [-0.2, 0) is 11.8 Å². The summed E-state index contributed by atoms with van der Waals surface area (Å²) in [5, 5.41) is 10.0. The smallest absolute Gasteiger partial charge is 0.347 e. The van der Waals surface area contributed by atoms with Crippen LogP contribution in [0.15, 0.2) is 42.5 Å². The van der Waals surface area contributed by atoms with Gasteiger partial charge in [0.1, 0.15) is 21.4 Å². The van der Waals surface area contributed by atoms with Gasteiger partial charge in [0.15, 0.2) is 0 Å². The van der Waals surface area contributed by atoms with Gasteiger partial charge in [-0.2, -0.15) is 0 Å². The molecule has 0 fully saturated rings. The molecule has 1 N–H and O–H groups in total. The number of nitrogens with zero attached hydrogens (tertiary/aromatic N) is 1. The lowest BCUT2D eigenvalue weighted by molar-refractivity contribution is 0.0701. The number of carboxylic acids is 1. The Balaban J connectivity index is 1.89. The molecule has 4 nitrogen and oxygen atoms in total. The molecule has 0 aliphatic heterocycles. The van der Waals surface area contributed by atoms with Crippen LogP contribution >= 0.6 is 11.3 Å². The Bertz CT molecular complexity index is 998. The zero-order chi connectivity index (χ0) is 20.5. The number of carbonyl (C=O) groups is 1. The van der Waals surface area contributed by atoms with Crippen molar-refractivity contribution < 1.29 is 14.6 Å². The Morgan fingerprint density at radius 1 is 1.14 bits per heavy atom. The first kappa shape index (κ1) is 20.1. The largest absolute Gasteiger partial charge is 0.477 e. The lowest BCUT2D eigenvalue weighted by Crippen LogP contribution is -2.12. The number of thiazole rings is 1. The molecule has 0 saturated carbocycles. The van der Waals surface area contributed by atoms with E-state index in [4.69, 9.17) is 4.74 Å². The van der Waals surface area contributed by atoms with Crippen LogP contribution in [0, 0.1) is 6.92 Å². The Morgan fingerprint density at radius 3 is 2.36 bits per heavy atom. The van der Waals surface area contributed by atoms with Crippen molar-refractivity contribution in [2.24, 2.45) is 0 Å². The number of benzene rings is 2. The number of aryl methyl sites for hydroxylation is 2. The van der Waals surface area contributed by atoms with Gasteiger partial charge in [-0.3, -0.25) is 0 Å². The summed E-state index contributed by atoms with van der Waals surface area (Å²) in [4.78, 5) is 16.2. The lowest BCUT2D eigenvalue weighted by Gasteiger charge is -2.23. The molecule has 0 bridgehead atoms. The quantitative estimate of drug-likeness (QED) is 0.538. The van der Waals surface area contributed by atoms with Gasteiger partial charge >= 0.3 is 5.97 Å². The van der Waals surface area contributed by atoms with Gasteiger partial charge in [-0.15, -0.1) is 11.3 Å². The molecule has 0 aliphatic rings. The van der Waals surface area contributed by atoms with Crippen LogP contribution in [0.1, 0.15) is 54.2 Å². The van der Waals surface area contributed by atoms with E-state index in [-0.39, 0.29) is 5.41 Å². The van der Waals surface area contributed by atoms with E-state index >= 15 is 0 Å². The van der Waals surface area contributed by atoms with E-state index in [0.717, 1.165) is 28.2 Å². The zero-order valence-corrected chi connectivity index (χ0v) is 17.7. The standard InChI is InChI=1S/C23H25NO3S/c1-6-18-20(22(25)26)28-21(24-18)15-8-10-16(11-9-15)27-19-13-14(2)7-12-17(19)23(3,4)5/h7-13H,6H2,1-5H3,(H,25,26). The van der Waals surface area contributed by atoms with Crippen molar-refractivity contribution in [1.82, 2.24) is 4.98 Å². The monoisotopic (exact) mass is 395 g/mol. The predicted molar refractivity (Wildman–Crippen MR) is 114 cm³/mol. The van der Waals surface area contributed by atoms with E-state index in [1.807, 2.05) is 31.2 Å². The third-order valence-electron chi connectivity index (χ3n) is 4.50. The highest BCUT2D eigenvalue weighted by Gasteiger charge is 2.20. The molecule has 5 heteroatoms. The number of hydrogen-bond donors (Lipinski definition) is 1. The maximum Gasteiger partial charge on any atom is 0.347 e. The van der Waals surface area contributed by atoms with Crippen LogP contribution < -0.4 is 4.74 Å². The highest BCUT2D eigenvalue weighted by molar-refractivity contribution is 7.17. The van der Waals surface area contributed by atoms with Crippen molar-refractivity contribution in [2.45, 2.75) is 46.5 Å². The maximum absolute atomic E-state index is 11.4. The molecule has 1 aromatic heterocycles. The highest BCUT2D eigenvalue weighted by atomic mass is 32.1. The van der Waals surface area contributed by atoms with Gasteiger partial charge in [0, 0.05) is 11.1 Å². The minimum Gasteiger partial charge on any atom is -0.477 e. The van der Waals surface area contributed by atoms with Gasteiger partial charge in [0.05, 0.1) is 5.69 Å². The number of ether oxygens (including phenoxy) is 1. The minimum atomic E-state index is -0.922. The average Bonchev–Trinajstić information content (AvgIpc) is 3.06. The first-order chi connectivity index (χ1) is 13.2. The van der Waals surface area contributed by atoms with Crippen LogP contribution in [-0.4, -0.2) is 16.1 Å². The van der Waals surface area contributed by atoms with Gasteiger partial charge in [-0.25, -0.2) is 9.78 Å². The molecule has 1 heterocycles. The summed E-state index contributed by atoms with van der Waals surface area (Å²) in [6.07, 6.45) is 0.599. The average molecular weight is 396 g/mol. The minimum absolute atomic E-state index is 0.0202. The van der Waals surface area contributed by atoms with Gasteiger partial charge in [-0.1, -0.05) is 39.8 Å². The van der Waals surface area contributed by atoms with E-state index in [1.165, 1.54) is 11.3 Å². The summed E-state index contributed by atoms with van der Waals surface area (Å²) < 4.78 is 6.18. The first-order valence-electron chi connectivity index (χ1n) is 9.31. The number of carboxylic acid groups (broad SMARTS) is 1. The van der Waals surface area contributed by atoms with Crippen LogP contribution in [0.25, 0.3) is 10.6 Å². The summed E-state index contributed by atoms with van der Waals surface area (Å²) >= 11 is 1.21. The van der Waals surface area contributed by atoms with Crippen molar-refractivity contribution in [2.75, 3.05) is 0 Å². The van der Waals surface area contributed by atoms with Crippen molar-refractivity contribution in [1.29, 1.82) is 0 Å². The Hall–Kier alpha value is -2.66. The molecular weight excluding hydrogens is 370 g/mol. The second kappa shape index (κ2) is 7.76. The molecule has 0 amide bonds. The molecule has 3 rings (SSSR count). The fraction of sp³-hybridized carbons (Fsp3) is 0.304. The second-order valence-electron chi connectivity index (χ2n) is 7.83. The van der Waals surface area contributed by atoms with E-state index in [9.17, 15) is 9.90 Å². The summed E-state index contributed by atoms with van der Waals surface area (Å²) in [5.41, 5.74) is 3.80. The fourth-order valence-corrected chi connectivity index (χ4v) is 4.01. The number of hydrogen-bond acceptors (Lipinski definition) is 4. The topological polar surface area (TPSA) is 59.4 Å². The first-order valence-corrected chi connectivity index (χ1v) is 10.1. The third kappa shape index (κ3) is 4.25. The van der Waals surface area contributed by atoms with Gasteiger partial charge in [0.25, 0.3) is 0 Å². The van der Waals surface area contributed by atoms with E-state index in [2.05, 4.69) is 50.9 Å². The maximum atomic E-state index is 11.4. The number of rotatable bonds is 5. The predicted octanol–water partition coefficient (Wildman–Crippen LogP) is 6.47. The third-order valence-corrected chi connectivity index (χ3v) is 5.64. The Morgan fingerprint density at radius 2 is 1.82 bits per heavy atom. The van der Waals surface area contributed by atoms with E-state index in [0.29, 0.717) is 22.0 Å². The normalized spacial score (nSPS) is 11.5. The second-order valence-corrected chi connectivity index (χ2v) is 8.83. The van der Waals surface area contributed by atoms with Crippen LogP contribution in [0.5, 0.6) is 11.5 Å². The molecule has 0 unspecified atom stereocenters. The molecule has 146 valence electrons. The Labute approximate surface area is 169 Å². The summed E-state index contributed by atoms with van der Waals surface area (Å²) in [7, 11) is 0. The molecule has 0 aliphatic carbocycles. The summed E-state index contributed by atoms with van der Waals surface area (Å²) in [5.74, 6) is 0.677. The van der Waals surface area contributed by atoms with Gasteiger partial charge in [0.2, 0.25) is 0 Å². The van der Waals surface area contributed by atoms with E-state index in [1.54, 1.807) is 0 Å². The molecule has 3 aromatic rings. The highest BCUT2D eigenvalue weighted by Crippen LogP contribution is 2.36. The van der Waals surface area contributed by atoms with Gasteiger partial charge in [-0.05, 0) is 54.7 Å². The zero-order valence-electron chi connectivity index (χ0n) is 16.9. The van der Waals surface area contributed by atoms with Crippen LogP contribution in [0.2, 0.25) is 0 Å². The number of aromatic nitrogens is 1. The van der Waals surface area contributed by atoms with Crippen molar-refractivity contribution >= 4 is 17.3 Å². The molecule has 0 radical (unpaired) electrons. The van der Waals surface area contributed by atoms with Gasteiger partial charge < -0.3 is 9.84 Å². The van der Waals surface area contributed by atoms with Crippen LogP contribution in [0.4, 0.5) is 0 Å². The van der Waals surface area contributed by atoms with Crippen molar-refractivity contribution in [3.8, 4) is 22.1 Å². The van der Waals surface area contributed by atoms with Crippen molar-refractivity contribution in [3.05, 3.63) is 64.2 Å². The summed E-state index contributed by atoms with van der Waals surface area (Å²) in [6.45, 7) is 10.5. The van der Waals surface area contributed by atoms with Crippen molar-refractivity contribution in [3.63, 3.8) is 0 Å². The SMILES string of the molecule is CCc1nc(-c2ccc(Oc3cc(C)ccc3C(C)(C)C)cc2)sc1C(=O)O. The number of aromatic carboxylic acids is 1. The molecule has 0 saturated heterocycles. The van der Waals surface area contributed by atoms with Crippen LogP contribution in [0.3, 0.4) is 0 Å². The Kier molecular flexibility index (Phi) is 5.57. The molecule has 0 atom stereocenters. The molecular formula is C23H25NO3S. The van der Waals surface area contributed by atoms with E-state index < -0.39 is 5.97 Å².